The van der Waals surface area contributed by atoms with Crippen molar-refractivity contribution in [3.8, 4) is 0 Å². The average Bonchev–Trinajstić information content (AvgIpc) is 3.20. The largest absolute Gasteiger partial charge is 0.456 e. The third-order valence-corrected chi connectivity index (χ3v) is 13.5. The minimum Gasteiger partial charge on any atom is -0.456 e. The number of aliphatic hydroxyl groups is 3. The molecule has 0 spiro atoms. The van der Waals surface area contributed by atoms with E-state index in [2.05, 4.69) is 5.32 Å². The molecule has 15 heteroatoms. The van der Waals surface area contributed by atoms with Crippen molar-refractivity contribution >= 4 is 35.6 Å². The van der Waals surface area contributed by atoms with Crippen LogP contribution in [0.4, 0.5) is 0 Å². The summed E-state index contributed by atoms with van der Waals surface area (Å²) in [4.78, 5) is 83.0. The lowest BCUT2D eigenvalue weighted by Gasteiger charge is -2.67. The summed E-state index contributed by atoms with van der Waals surface area (Å²) < 4.78 is 30.2. The van der Waals surface area contributed by atoms with Crippen molar-refractivity contribution < 1.29 is 67.8 Å². The summed E-state index contributed by atoms with van der Waals surface area (Å²) in [7, 11) is 0. The Morgan fingerprint density at radius 2 is 1.55 bits per heavy atom. The van der Waals surface area contributed by atoms with E-state index in [1.165, 1.54) is 26.0 Å². The highest BCUT2D eigenvalue weighted by Gasteiger charge is 2.78. The van der Waals surface area contributed by atoms with E-state index in [4.69, 9.17) is 23.7 Å². The Balaban J connectivity index is 1.55. The molecule has 6 rings (SSSR count). The SMILES string of the molecule is CC[C@@H](C)C(=O)N[C@@H](c1ccccc1)[C@@H](O)C(=O)O[C@@H]1C[C@]2(O)[C@@H](OC(=O)c3ccccc3)[C@H]3[C@]4(OC(C)=O)CO[C@H]4C[C@H](O)[C@@]3(C)C(=O)[C@H](OC(C)=O)C(=C1C)C2(C)C. The number of Topliss-reactive ketones (excluding diaryl/α,β-unsaturated/α-hetero) is 1. The minimum atomic E-state index is -2.37. The van der Waals surface area contributed by atoms with Gasteiger partial charge in [-0.2, -0.15) is 0 Å². The number of fused-ring (bicyclic) bond motifs is 5. The molecule has 3 fully saturated rings. The van der Waals surface area contributed by atoms with Crippen molar-refractivity contribution in [3.63, 3.8) is 0 Å². The number of ketones is 1. The van der Waals surface area contributed by atoms with E-state index in [-0.39, 0.29) is 29.7 Å². The van der Waals surface area contributed by atoms with Gasteiger partial charge in [-0.1, -0.05) is 76.2 Å². The number of nitrogens with one attached hydrogen (secondary N) is 1. The summed E-state index contributed by atoms with van der Waals surface area (Å²) >= 11 is 0. The Morgan fingerprint density at radius 1 is 0.933 bits per heavy atom. The van der Waals surface area contributed by atoms with Gasteiger partial charge in [0.25, 0.3) is 0 Å². The predicted octanol–water partition coefficient (Wildman–Crippen LogP) is 3.47. The molecule has 1 heterocycles. The van der Waals surface area contributed by atoms with Crippen LogP contribution in [-0.2, 0) is 47.7 Å². The lowest BCUT2D eigenvalue weighted by atomic mass is 9.44. The van der Waals surface area contributed by atoms with Crippen LogP contribution in [0, 0.1) is 22.7 Å². The molecule has 1 saturated heterocycles. The Bertz CT molecular complexity index is 2050. The van der Waals surface area contributed by atoms with Gasteiger partial charge in [-0.05, 0) is 49.1 Å². The third-order valence-electron chi connectivity index (χ3n) is 13.5. The van der Waals surface area contributed by atoms with Gasteiger partial charge in [-0.3, -0.25) is 19.2 Å². The first kappa shape index (κ1) is 44.6. The fraction of sp³-hybridized carbons (Fsp3) is 0.556. The second-order valence-corrected chi connectivity index (χ2v) is 17.3. The second kappa shape index (κ2) is 16.5. The number of esters is 4. The Labute approximate surface area is 348 Å². The van der Waals surface area contributed by atoms with Gasteiger partial charge in [0.1, 0.15) is 23.9 Å². The van der Waals surface area contributed by atoms with Crippen LogP contribution >= 0.6 is 0 Å². The monoisotopic (exact) mass is 833 g/mol. The van der Waals surface area contributed by atoms with Crippen molar-refractivity contribution in [2.75, 3.05) is 6.61 Å². The molecule has 4 N–H and O–H groups in total. The molecule has 324 valence electrons. The molecule has 12 atom stereocenters. The molecule has 2 saturated carbocycles. The number of amides is 1. The lowest BCUT2D eigenvalue weighted by Crippen LogP contribution is -2.82. The van der Waals surface area contributed by atoms with Crippen LogP contribution in [-0.4, -0.2) is 105 Å². The quantitative estimate of drug-likeness (QED) is 0.145. The molecule has 0 radical (unpaired) electrons. The fourth-order valence-electron chi connectivity index (χ4n) is 9.85. The topological polar surface area (TPSA) is 221 Å². The van der Waals surface area contributed by atoms with E-state index in [0.717, 1.165) is 13.8 Å². The van der Waals surface area contributed by atoms with Gasteiger partial charge in [0.2, 0.25) is 5.91 Å². The van der Waals surface area contributed by atoms with E-state index in [1.807, 2.05) is 6.92 Å². The first-order valence-corrected chi connectivity index (χ1v) is 20.3. The molecule has 4 aliphatic rings. The predicted molar refractivity (Wildman–Crippen MR) is 211 cm³/mol. The first-order valence-electron chi connectivity index (χ1n) is 20.3. The van der Waals surface area contributed by atoms with Crippen molar-refractivity contribution in [3.05, 3.63) is 82.9 Å². The van der Waals surface area contributed by atoms with Crippen LogP contribution < -0.4 is 5.32 Å². The van der Waals surface area contributed by atoms with E-state index >= 15 is 4.79 Å². The van der Waals surface area contributed by atoms with E-state index in [1.54, 1.807) is 69.3 Å². The standard InChI is InChI=1S/C45H55NO14/c1-9-23(2)39(52)46-33(27-16-12-10-13-17-27)34(50)41(54)58-29-21-45(55)38(59-40(53)28-18-14-11-15-19-28)36-43(8,30(49)20-31-44(36,22-56-31)60-26(5)48)37(51)35(57-25(4)47)32(24(29)3)42(45,6)7/h10-19,23,29-31,33-36,38,49-50,55H,9,20-22H2,1-8H3,(H,46,52)/t23-,29-,30+,31+,33+,34-,35-,36-,38+,43-,44+,45+/m1/s1. The number of carbonyl (C=O) groups is 6. The van der Waals surface area contributed by atoms with Gasteiger partial charge in [0.05, 0.1) is 35.6 Å². The summed E-state index contributed by atoms with van der Waals surface area (Å²) in [5.41, 5.74) is -7.15. The second-order valence-electron chi connectivity index (χ2n) is 17.3. The van der Waals surface area contributed by atoms with Crippen LogP contribution in [0.3, 0.4) is 0 Å². The molecule has 2 aromatic rings. The van der Waals surface area contributed by atoms with Crippen LogP contribution in [0.25, 0.3) is 0 Å². The summed E-state index contributed by atoms with van der Waals surface area (Å²) in [5.74, 6) is -7.06. The number of carbonyl (C=O) groups excluding carboxylic acids is 6. The van der Waals surface area contributed by atoms with Gasteiger partial charge < -0.3 is 44.3 Å². The number of benzene rings is 2. The zero-order chi connectivity index (χ0) is 44.1. The maximum Gasteiger partial charge on any atom is 0.338 e. The molecule has 15 nitrogen and oxygen atoms in total. The van der Waals surface area contributed by atoms with E-state index in [0.29, 0.717) is 12.0 Å². The zero-order valence-corrected chi connectivity index (χ0v) is 35.1. The van der Waals surface area contributed by atoms with E-state index in [9.17, 15) is 39.3 Å². The highest BCUT2D eigenvalue weighted by molar-refractivity contribution is 5.95. The Kier molecular flexibility index (Phi) is 12.2. The molecule has 0 aromatic heterocycles. The summed E-state index contributed by atoms with van der Waals surface area (Å²) in [6.07, 6.45) is -9.88. The molecule has 60 heavy (non-hydrogen) atoms. The van der Waals surface area contributed by atoms with Crippen LogP contribution in [0.2, 0.25) is 0 Å². The molecule has 1 amide bonds. The van der Waals surface area contributed by atoms with Crippen LogP contribution in [0.15, 0.2) is 71.8 Å². The summed E-state index contributed by atoms with van der Waals surface area (Å²) in [6.45, 7) is 11.5. The maximum atomic E-state index is 15.4. The highest BCUT2D eigenvalue weighted by atomic mass is 16.6. The van der Waals surface area contributed by atoms with E-state index < -0.39 is 119 Å². The van der Waals surface area contributed by atoms with Crippen molar-refractivity contribution in [2.24, 2.45) is 22.7 Å². The fourth-order valence-corrected chi connectivity index (χ4v) is 9.85. The van der Waals surface area contributed by atoms with Gasteiger partial charge >= 0.3 is 23.9 Å². The third kappa shape index (κ3) is 7.32. The van der Waals surface area contributed by atoms with Gasteiger partial charge in [-0.25, -0.2) is 9.59 Å². The number of hydrogen-bond acceptors (Lipinski definition) is 14. The molecular weight excluding hydrogens is 778 g/mol. The average molecular weight is 834 g/mol. The molecule has 1 aliphatic heterocycles. The molecule has 3 aliphatic carbocycles. The number of hydrogen-bond donors (Lipinski definition) is 4. The zero-order valence-electron chi connectivity index (χ0n) is 35.1. The van der Waals surface area contributed by atoms with Crippen molar-refractivity contribution in [1.82, 2.24) is 5.32 Å². The van der Waals surface area contributed by atoms with Crippen LogP contribution in [0.5, 0.6) is 0 Å². The van der Waals surface area contributed by atoms with Gasteiger partial charge in [0, 0.05) is 38.0 Å². The maximum absolute atomic E-state index is 15.4. The van der Waals surface area contributed by atoms with Crippen LogP contribution in [0.1, 0.15) is 96.6 Å². The van der Waals surface area contributed by atoms with Gasteiger partial charge in [-0.15, -0.1) is 0 Å². The van der Waals surface area contributed by atoms with Gasteiger partial charge in [0.15, 0.2) is 23.6 Å². The minimum absolute atomic E-state index is 0.00887. The molecular formula is C45H55NO14. The molecule has 2 aromatic carbocycles. The highest BCUT2D eigenvalue weighted by Crippen LogP contribution is 2.64. The summed E-state index contributed by atoms with van der Waals surface area (Å²) in [5, 5.41) is 40.1. The smallest absolute Gasteiger partial charge is 0.338 e. The lowest BCUT2D eigenvalue weighted by molar-refractivity contribution is -0.346. The van der Waals surface area contributed by atoms with Crippen molar-refractivity contribution in [1.29, 1.82) is 0 Å². The number of rotatable bonds is 11. The Hall–Kier alpha value is -4.96. The normalized spacial score (nSPS) is 33.1. The Morgan fingerprint density at radius 3 is 2.10 bits per heavy atom. The number of ether oxygens (including phenoxy) is 5. The molecule has 2 bridgehead atoms. The van der Waals surface area contributed by atoms with Crippen molar-refractivity contribution in [2.45, 2.75) is 129 Å². The summed E-state index contributed by atoms with van der Waals surface area (Å²) in [6, 6.07) is 14.9. The first-order chi connectivity index (χ1) is 28.1. The number of aliphatic hydroxyl groups excluding tert-OH is 2. The molecule has 0 unspecified atom stereocenters.